The molecule has 0 unspecified atom stereocenters. The Bertz CT molecular complexity index is 397. The second-order valence-corrected chi connectivity index (χ2v) is 3.99. The molecule has 0 saturated carbocycles. The third kappa shape index (κ3) is 1.07. The first-order valence-electron chi connectivity index (χ1n) is 5.13. The van der Waals surface area contributed by atoms with E-state index in [-0.39, 0.29) is 6.04 Å². The fourth-order valence-corrected chi connectivity index (χ4v) is 2.43. The molecule has 0 radical (unpaired) electrons. The third-order valence-corrected chi connectivity index (χ3v) is 3.07. The standard InChI is InChI=1S/C12H13NO/c1-8-13-12-10-5-3-2-4-9(10)6-7-11(12)14-8/h2-5,11-12H,6-7H2,1H3/t11-,12+/m0/s1. The summed E-state index contributed by atoms with van der Waals surface area (Å²) in [5.41, 5.74) is 2.80. The molecule has 2 heteroatoms. The van der Waals surface area contributed by atoms with Crippen molar-refractivity contribution in [2.75, 3.05) is 0 Å². The van der Waals surface area contributed by atoms with E-state index < -0.39 is 0 Å². The van der Waals surface area contributed by atoms with Crippen LogP contribution in [-0.4, -0.2) is 12.0 Å². The lowest BCUT2D eigenvalue weighted by Gasteiger charge is -2.25. The lowest BCUT2D eigenvalue weighted by atomic mass is 9.86. The molecule has 1 aliphatic carbocycles. The van der Waals surface area contributed by atoms with Crippen molar-refractivity contribution in [2.45, 2.75) is 31.9 Å². The second kappa shape index (κ2) is 2.84. The van der Waals surface area contributed by atoms with Crippen molar-refractivity contribution in [1.29, 1.82) is 0 Å². The Hall–Kier alpha value is -1.31. The first kappa shape index (κ1) is 8.04. The van der Waals surface area contributed by atoms with E-state index in [1.807, 2.05) is 6.92 Å². The van der Waals surface area contributed by atoms with Gasteiger partial charge in [-0.1, -0.05) is 24.3 Å². The Morgan fingerprint density at radius 3 is 3.14 bits per heavy atom. The minimum absolute atomic E-state index is 0.264. The summed E-state index contributed by atoms with van der Waals surface area (Å²) in [6.45, 7) is 1.95. The molecule has 2 atom stereocenters. The summed E-state index contributed by atoms with van der Waals surface area (Å²) < 4.78 is 5.67. The van der Waals surface area contributed by atoms with Gasteiger partial charge in [-0.05, 0) is 24.0 Å². The van der Waals surface area contributed by atoms with E-state index in [4.69, 9.17) is 4.74 Å². The number of benzene rings is 1. The van der Waals surface area contributed by atoms with Gasteiger partial charge in [-0.25, -0.2) is 4.99 Å². The predicted octanol–water partition coefficient (Wildman–Crippen LogP) is 2.49. The van der Waals surface area contributed by atoms with Crippen molar-refractivity contribution in [3.8, 4) is 0 Å². The maximum absolute atomic E-state index is 5.67. The molecule has 1 heterocycles. The average Bonchev–Trinajstić information content (AvgIpc) is 2.59. The van der Waals surface area contributed by atoms with E-state index in [2.05, 4.69) is 29.3 Å². The zero-order valence-corrected chi connectivity index (χ0v) is 8.23. The van der Waals surface area contributed by atoms with Crippen LogP contribution in [0, 0.1) is 0 Å². The van der Waals surface area contributed by atoms with Gasteiger partial charge in [0, 0.05) is 6.92 Å². The van der Waals surface area contributed by atoms with Gasteiger partial charge in [0.25, 0.3) is 0 Å². The minimum Gasteiger partial charge on any atom is -0.475 e. The Kier molecular flexibility index (Phi) is 1.63. The molecule has 14 heavy (non-hydrogen) atoms. The first-order chi connectivity index (χ1) is 6.84. The fourth-order valence-electron chi connectivity index (χ4n) is 2.43. The number of hydrogen-bond acceptors (Lipinski definition) is 2. The first-order valence-corrected chi connectivity index (χ1v) is 5.13. The molecule has 1 aliphatic heterocycles. The Morgan fingerprint density at radius 2 is 2.21 bits per heavy atom. The SMILES string of the molecule is CC1=N[C@@H]2c3ccccc3CC[C@@H]2O1. The van der Waals surface area contributed by atoms with Gasteiger partial charge in [0.15, 0.2) is 5.90 Å². The summed E-state index contributed by atoms with van der Waals surface area (Å²) in [5, 5.41) is 0. The molecule has 72 valence electrons. The number of hydrogen-bond donors (Lipinski definition) is 0. The van der Waals surface area contributed by atoms with E-state index in [0.717, 1.165) is 18.7 Å². The number of rotatable bonds is 0. The van der Waals surface area contributed by atoms with Crippen molar-refractivity contribution in [3.63, 3.8) is 0 Å². The lowest BCUT2D eigenvalue weighted by Crippen LogP contribution is -2.22. The smallest absolute Gasteiger partial charge is 0.181 e. The summed E-state index contributed by atoms with van der Waals surface area (Å²) in [6.07, 6.45) is 2.52. The largest absolute Gasteiger partial charge is 0.475 e. The van der Waals surface area contributed by atoms with Gasteiger partial charge in [-0.2, -0.15) is 0 Å². The second-order valence-electron chi connectivity index (χ2n) is 3.99. The van der Waals surface area contributed by atoms with Crippen LogP contribution in [0.4, 0.5) is 0 Å². The van der Waals surface area contributed by atoms with Crippen LogP contribution in [0.1, 0.15) is 30.5 Å². The van der Waals surface area contributed by atoms with Gasteiger partial charge < -0.3 is 4.74 Å². The Labute approximate surface area is 83.6 Å². The van der Waals surface area contributed by atoms with Crippen LogP contribution in [0.2, 0.25) is 0 Å². The van der Waals surface area contributed by atoms with Gasteiger partial charge in [-0.15, -0.1) is 0 Å². The van der Waals surface area contributed by atoms with E-state index in [9.17, 15) is 0 Å². The van der Waals surface area contributed by atoms with Crippen molar-refractivity contribution in [1.82, 2.24) is 0 Å². The highest BCUT2D eigenvalue weighted by atomic mass is 16.5. The topological polar surface area (TPSA) is 21.6 Å². The van der Waals surface area contributed by atoms with Crippen molar-refractivity contribution < 1.29 is 4.74 Å². The maximum atomic E-state index is 5.67. The predicted molar refractivity (Wildman–Crippen MR) is 55.5 cm³/mol. The summed E-state index contributed by atoms with van der Waals surface area (Å²) in [5.74, 6) is 0.844. The van der Waals surface area contributed by atoms with Gasteiger partial charge in [0.05, 0.1) is 0 Å². The Balaban J connectivity index is 2.08. The highest BCUT2D eigenvalue weighted by molar-refractivity contribution is 5.75. The highest BCUT2D eigenvalue weighted by Gasteiger charge is 2.34. The van der Waals surface area contributed by atoms with Crippen LogP contribution >= 0.6 is 0 Å². The summed E-state index contributed by atoms with van der Waals surface area (Å²) in [4.78, 5) is 4.55. The number of fused-ring (bicyclic) bond motifs is 3. The van der Waals surface area contributed by atoms with Crippen molar-refractivity contribution in [3.05, 3.63) is 35.4 Å². The van der Waals surface area contributed by atoms with Crippen LogP contribution in [0.5, 0.6) is 0 Å². The average molecular weight is 187 g/mol. The Morgan fingerprint density at radius 1 is 1.36 bits per heavy atom. The number of ether oxygens (including phenoxy) is 1. The molecule has 2 nitrogen and oxygen atoms in total. The van der Waals surface area contributed by atoms with Gasteiger partial charge in [-0.3, -0.25) is 0 Å². The van der Waals surface area contributed by atoms with Gasteiger partial charge in [0.1, 0.15) is 12.1 Å². The monoisotopic (exact) mass is 187 g/mol. The zero-order valence-electron chi connectivity index (χ0n) is 8.23. The molecular weight excluding hydrogens is 174 g/mol. The molecule has 2 aliphatic rings. The quantitative estimate of drug-likeness (QED) is 0.611. The summed E-state index contributed by atoms with van der Waals surface area (Å²) in [7, 11) is 0. The molecule has 0 fully saturated rings. The molecule has 3 rings (SSSR count). The van der Waals surface area contributed by atoms with E-state index in [1.165, 1.54) is 11.1 Å². The molecule has 1 aromatic rings. The van der Waals surface area contributed by atoms with Crippen LogP contribution in [0.3, 0.4) is 0 Å². The van der Waals surface area contributed by atoms with Gasteiger partial charge in [0.2, 0.25) is 0 Å². The lowest BCUT2D eigenvalue weighted by molar-refractivity contribution is 0.173. The zero-order chi connectivity index (χ0) is 9.54. The van der Waals surface area contributed by atoms with Crippen molar-refractivity contribution in [2.24, 2.45) is 4.99 Å². The van der Waals surface area contributed by atoms with Gasteiger partial charge >= 0.3 is 0 Å². The molecule has 0 saturated heterocycles. The highest BCUT2D eigenvalue weighted by Crippen LogP contribution is 2.37. The molecular formula is C12H13NO. The van der Waals surface area contributed by atoms with E-state index in [0.29, 0.717) is 6.10 Å². The maximum Gasteiger partial charge on any atom is 0.181 e. The molecule has 0 bridgehead atoms. The number of nitrogens with zero attached hydrogens (tertiary/aromatic N) is 1. The molecule has 0 N–H and O–H groups in total. The number of aliphatic imine (C=N–C) groups is 1. The van der Waals surface area contributed by atoms with E-state index in [1.54, 1.807) is 0 Å². The molecule has 0 spiro atoms. The third-order valence-electron chi connectivity index (χ3n) is 3.07. The summed E-state index contributed by atoms with van der Waals surface area (Å²) in [6, 6.07) is 8.84. The normalized spacial score (nSPS) is 28.8. The number of aryl methyl sites for hydroxylation is 1. The van der Waals surface area contributed by atoms with Crippen LogP contribution in [-0.2, 0) is 11.2 Å². The van der Waals surface area contributed by atoms with Crippen LogP contribution in [0.15, 0.2) is 29.3 Å². The van der Waals surface area contributed by atoms with E-state index >= 15 is 0 Å². The van der Waals surface area contributed by atoms with Crippen LogP contribution in [0.25, 0.3) is 0 Å². The fraction of sp³-hybridized carbons (Fsp3) is 0.417. The minimum atomic E-state index is 0.264. The van der Waals surface area contributed by atoms with Crippen molar-refractivity contribution >= 4 is 5.90 Å². The van der Waals surface area contributed by atoms with Crippen LogP contribution < -0.4 is 0 Å². The molecule has 1 aromatic carbocycles. The molecule has 0 aromatic heterocycles. The summed E-state index contributed by atoms with van der Waals surface area (Å²) >= 11 is 0. The molecule has 0 amide bonds.